The third kappa shape index (κ3) is 2.85. The smallest absolute Gasteiger partial charge is 0.146 e. The minimum Gasteiger partial charge on any atom is -0.296 e. The van der Waals surface area contributed by atoms with E-state index in [0.717, 1.165) is 40.5 Å². The molecule has 0 saturated heterocycles. The molecule has 2 nitrogen and oxygen atoms in total. The molecular weight excluding hydrogens is 359 g/mol. The van der Waals surface area contributed by atoms with Crippen molar-refractivity contribution in [3.63, 3.8) is 0 Å². The molecule has 2 aliphatic carbocycles. The first kappa shape index (κ1) is 18.8. The quantitative estimate of drug-likeness (QED) is 0.553. The van der Waals surface area contributed by atoms with Gasteiger partial charge in [0, 0.05) is 27.8 Å². The number of benzene rings is 1. The topological polar surface area (TPSA) is 17.3 Å². The molecule has 3 heteroatoms. The summed E-state index contributed by atoms with van der Waals surface area (Å²) in [5, 5.41) is 4.70. The fraction of sp³-hybridized carbons (Fsp3) is 0.500. The van der Waals surface area contributed by atoms with E-state index in [1.54, 1.807) is 6.92 Å². The van der Waals surface area contributed by atoms with Gasteiger partial charge in [-0.2, -0.15) is 0 Å². The van der Waals surface area contributed by atoms with E-state index in [4.69, 9.17) is 4.98 Å². The molecule has 0 radical (unpaired) electrons. The molecule has 2 aromatic heterocycles. The molecule has 29 heavy (non-hydrogen) atoms. The van der Waals surface area contributed by atoms with Gasteiger partial charge in [-0.15, -0.1) is 0 Å². The number of fused-ring (bicyclic) bond motifs is 6. The summed E-state index contributed by atoms with van der Waals surface area (Å²) in [6, 6.07) is 6.14. The minimum absolute atomic E-state index is 0.459. The SMILES string of the molecule is CCC(C)(F)c1cccc2c3c(n4c(C5CCCCC5)c(C)nc4c12)=CCCC=3. The first-order valence-corrected chi connectivity index (χ1v) is 11.4. The van der Waals surface area contributed by atoms with Crippen molar-refractivity contribution in [1.29, 1.82) is 0 Å². The number of rotatable bonds is 3. The van der Waals surface area contributed by atoms with Crippen molar-refractivity contribution < 1.29 is 4.39 Å². The zero-order chi connectivity index (χ0) is 20.2. The van der Waals surface area contributed by atoms with Crippen molar-refractivity contribution in [2.75, 3.05) is 0 Å². The highest BCUT2D eigenvalue weighted by molar-refractivity contribution is 5.98. The Hall–Kier alpha value is -2.16. The fourth-order valence-electron chi connectivity index (χ4n) is 5.57. The molecule has 0 N–H and O–H groups in total. The molecule has 2 aliphatic rings. The Bertz CT molecular complexity index is 1210. The summed E-state index contributed by atoms with van der Waals surface area (Å²) in [7, 11) is 0. The summed E-state index contributed by atoms with van der Waals surface area (Å²) < 4.78 is 18.1. The number of hydrogen-bond donors (Lipinski definition) is 0. The predicted molar refractivity (Wildman–Crippen MR) is 119 cm³/mol. The van der Waals surface area contributed by atoms with Crippen LogP contribution in [0, 0.1) is 6.92 Å². The Morgan fingerprint density at radius 2 is 1.90 bits per heavy atom. The second-order valence-electron chi connectivity index (χ2n) is 9.14. The molecule has 3 aromatic rings. The maximum absolute atomic E-state index is 15.6. The predicted octanol–water partition coefficient (Wildman–Crippen LogP) is 5.79. The third-order valence-electron chi connectivity index (χ3n) is 7.26. The fourth-order valence-corrected chi connectivity index (χ4v) is 5.57. The van der Waals surface area contributed by atoms with E-state index in [9.17, 15) is 0 Å². The molecule has 152 valence electrons. The Morgan fingerprint density at radius 1 is 1.14 bits per heavy atom. The van der Waals surface area contributed by atoms with E-state index in [0.29, 0.717) is 12.3 Å². The maximum Gasteiger partial charge on any atom is 0.146 e. The van der Waals surface area contributed by atoms with Crippen molar-refractivity contribution in [3.05, 3.63) is 45.7 Å². The number of nitrogens with zero attached hydrogens (tertiary/aromatic N) is 2. The van der Waals surface area contributed by atoms with Crippen LogP contribution in [0.2, 0.25) is 0 Å². The lowest BCUT2D eigenvalue weighted by molar-refractivity contribution is 0.187. The van der Waals surface area contributed by atoms with Crippen LogP contribution in [0.4, 0.5) is 4.39 Å². The second-order valence-corrected chi connectivity index (χ2v) is 9.14. The van der Waals surface area contributed by atoms with Crippen molar-refractivity contribution in [3.8, 4) is 0 Å². The Kier molecular flexibility index (Phi) is 4.53. The number of pyridine rings is 1. The second kappa shape index (κ2) is 6.97. The van der Waals surface area contributed by atoms with Crippen LogP contribution < -0.4 is 10.6 Å². The van der Waals surface area contributed by atoms with Gasteiger partial charge in [0.2, 0.25) is 0 Å². The highest BCUT2D eigenvalue weighted by Crippen LogP contribution is 2.38. The molecule has 1 unspecified atom stereocenters. The molecule has 0 bridgehead atoms. The van der Waals surface area contributed by atoms with Crippen LogP contribution in [0.15, 0.2) is 18.2 Å². The Balaban J connectivity index is 1.98. The zero-order valence-electron chi connectivity index (χ0n) is 17.9. The summed E-state index contributed by atoms with van der Waals surface area (Å²) in [5.41, 5.74) is 2.87. The first-order valence-electron chi connectivity index (χ1n) is 11.4. The summed E-state index contributed by atoms with van der Waals surface area (Å²) in [6.45, 7) is 5.79. The molecule has 0 aliphatic heterocycles. The molecule has 0 spiro atoms. The third-order valence-corrected chi connectivity index (χ3v) is 7.26. The molecule has 5 rings (SSSR count). The van der Waals surface area contributed by atoms with E-state index < -0.39 is 5.67 Å². The number of aryl methyl sites for hydroxylation is 1. The van der Waals surface area contributed by atoms with Crippen LogP contribution in [-0.4, -0.2) is 9.38 Å². The van der Waals surface area contributed by atoms with E-state index >= 15 is 4.39 Å². The number of aromatic nitrogens is 2. The highest BCUT2D eigenvalue weighted by atomic mass is 19.1. The van der Waals surface area contributed by atoms with Crippen LogP contribution >= 0.6 is 0 Å². The van der Waals surface area contributed by atoms with Gasteiger partial charge >= 0.3 is 0 Å². The van der Waals surface area contributed by atoms with Gasteiger partial charge in [-0.05, 0) is 51.3 Å². The van der Waals surface area contributed by atoms with Gasteiger partial charge in [0.05, 0.1) is 11.0 Å². The largest absolute Gasteiger partial charge is 0.296 e. The maximum atomic E-state index is 15.6. The van der Waals surface area contributed by atoms with Crippen LogP contribution in [0.3, 0.4) is 0 Å². The van der Waals surface area contributed by atoms with E-state index in [1.807, 2.05) is 19.1 Å². The van der Waals surface area contributed by atoms with Crippen LogP contribution in [0.5, 0.6) is 0 Å². The van der Waals surface area contributed by atoms with E-state index in [-0.39, 0.29) is 0 Å². The average Bonchev–Trinajstić information content (AvgIpc) is 3.11. The lowest BCUT2D eigenvalue weighted by atomic mass is 9.86. The molecule has 1 atom stereocenters. The van der Waals surface area contributed by atoms with Gasteiger partial charge in [0.15, 0.2) is 0 Å². The molecular formula is C26H31FN2. The standard InChI is InChI=1S/C26H31FN2/c1-4-26(3,27)21-15-10-14-20-19-13-8-9-16-22(19)29-24(18-11-6-5-7-12-18)17(2)28-25(29)23(20)21/h10,13-16,18H,4-9,11-12H2,1-3H3. The number of alkyl halides is 1. The normalized spacial score (nSPS) is 19.6. The number of hydrogen-bond acceptors (Lipinski definition) is 1. The van der Waals surface area contributed by atoms with E-state index in [2.05, 4.69) is 29.5 Å². The van der Waals surface area contributed by atoms with Gasteiger partial charge in [0.1, 0.15) is 11.3 Å². The zero-order valence-corrected chi connectivity index (χ0v) is 17.9. The minimum atomic E-state index is -1.36. The van der Waals surface area contributed by atoms with Crippen LogP contribution in [0.25, 0.3) is 28.6 Å². The highest BCUT2D eigenvalue weighted by Gasteiger charge is 2.29. The molecule has 1 fully saturated rings. The average molecular weight is 391 g/mol. The van der Waals surface area contributed by atoms with Gasteiger partial charge in [-0.1, -0.05) is 56.5 Å². The summed E-state index contributed by atoms with van der Waals surface area (Å²) >= 11 is 0. The van der Waals surface area contributed by atoms with Crippen LogP contribution in [0.1, 0.15) is 88.1 Å². The lowest BCUT2D eigenvalue weighted by Gasteiger charge is -2.24. The molecule has 0 amide bonds. The van der Waals surface area contributed by atoms with Crippen molar-refractivity contribution in [1.82, 2.24) is 9.38 Å². The molecule has 1 aromatic carbocycles. The molecule has 1 saturated carbocycles. The first-order chi connectivity index (χ1) is 14.0. The van der Waals surface area contributed by atoms with E-state index in [1.165, 1.54) is 48.4 Å². The summed E-state index contributed by atoms with van der Waals surface area (Å²) in [6.07, 6.45) is 13.7. The van der Waals surface area contributed by atoms with Crippen molar-refractivity contribution in [2.24, 2.45) is 0 Å². The van der Waals surface area contributed by atoms with Gasteiger partial charge in [0.25, 0.3) is 0 Å². The van der Waals surface area contributed by atoms with Gasteiger partial charge in [-0.3, -0.25) is 4.40 Å². The number of halogens is 1. The van der Waals surface area contributed by atoms with Crippen molar-refractivity contribution in [2.45, 2.75) is 83.7 Å². The lowest BCUT2D eigenvalue weighted by Crippen LogP contribution is -2.36. The van der Waals surface area contributed by atoms with Crippen LogP contribution in [-0.2, 0) is 5.67 Å². The monoisotopic (exact) mass is 390 g/mol. The van der Waals surface area contributed by atoms with Gasteiger partial charge < -0.3 is 0 Å². The van der Waals surface area contributed by atoms with Gasteiger partial charge in [-0.25, -0.2) is 9.37 Å². The molecule has 2 heterocycles. The Morgan fingerprint density at radius 3 is 2.66 bits per heavy atom. The summed E-state index contributed by atoms with van der Waals surface area (Å²) in [5.74, 6) is 0.561. The van der Waals surface area contributed by atoms with Crippen molar-refractivity contribution >= 4 is 28.6 Å². The number of imidazole rings is 1. The summed E-state index contributed by atoms with van der Waals surface area (Å²) in [4.78, 5) is 5.10. The Labute approximate surface area is 172 Å².